The van der Waals surface area contributed by atoms with Crippen LogP contribution in [0.4, 0.5) is 4.79 Å². The molecule has 0 fully saturated rings. The van der Waals surface area contributed by atoms with Crippen molar-refractivity contribution >= 4 is 17.8 Å². The van der Waals surface area contributed by atoms with E-state index in [1.807, 2.05) is 11.8 Å². The largest absolute Gasteiger partial charge is 0.338 e. The molecule has 90 valence electrons. The highest BCUT2D eigenvalue weighted by Gasteiger charge is 2.05. The molecule has 1 unspecified atom stereocenters. The van der Waals surface area contributed by atoms with Crippen LogP contribution in [-0.4, -0.2) is 30.1 Å². The quantitative estimate of drug-likeness (QED) is 0.632. The van der Waals surface area contributed by atoms with Gasteiger partial charge in [0.1, 0.15) is 0 Å². The van der Waals surface area contributed by atoms with E-state index in [4.69, 9.17) is 0 Å². The Labute approximate surface area is 97.8 Å². The van der Waals surface area contributed by atoms with Crippen LogP contribution in [0.1, 0.15) is 40.0 Å². The number of hydrogen-bond donors (Lipinski definition) is 2. The van der Waals surface area contributed by atoms with Gasteiger partial charge in [-0.1, -0.05) is 20.3 Å². The summed E-state index contributed by atoms with van der Waals surface area (Å²) in [5.41, 5.74) is 0. The third-order valence-corrected chi connectivity index (χ3v) is 3.03. The lowest BCUT2D eigenvalue weighted by Crippen LogP contribution is -2.41. The lowest BCUT2D eigenvalue weighted by atomic mass is 10.3. The number of thioether (sulfide) groups is 1. The van der Waals surface area contributed by atoms with E-state index in [2.05, 4.69) is 31.4 Å². The van der Waals surface area contributed by atoms with Gasteiger partial charge in [-0.25, -0.2) is 4.79 Å². The molecule has 0 saturated heterocycles. The number of hydrogen-bond acceptors (Lipinski definition) is 2. The summed E-state index contributed by atoms with van der Waals surface area (Å²) in [6, 6.07) is 0.239. The molecule has 0 radical (unpaired) electrons. The van der Waals surface area contributed by atoms with Crippen LogP contribution in [0.25, 0.3) is 0 Å². The highest BCUT2D eigenvalue weighted by Crippen LogP contribution is 2.03. The second-order valence-corrected chi connectivity index (χ2v) is 5.03. The zero-order chi connectivity index (χ0) is 11.5. The molecule has 0 aromatic rings. The first-order valence-electron chi connectivity index (χ1n) is 5.82. The van der Waals surface area contributed by atoms with Crippen LogP contribution < -0.4 is 10.6 Å². The van der Waals surface area contributed by atoms with Crippen LogP contribution in [0.5, 0.6) is 0 Å². The molecule has 0 spiro atoms. The molecular formula is C11H24N2OS. The molecule has 0 saturated carbocycles. The van der Waals surface area contributed by atoms with E-state index in [1.165, 1.54) is 0 Å². The molecule has 4 heteroatoms. The molecule has 0 aromatic heterocycles. The van der Waals surface area contributed by atoms with Crippen molar-refractivity contribution in [2.24, 2.45) is 0 Å². The van der Waals surface area contributed by atoms with Gasteiger partial charge in [-0.05, 0) is 31.3 Å². The Hall–Kier alpha value is -0.380. The minimum Gasteiger partial charge on any atom is -0.338 e. The highest BCUT2D eigenvalue weighted by molar-refractivity contribution is 7.99. The maximum Gasteiger partial charge on any atom is 0.314 e. The van der Waals surface area contributed by atoms with Crippen molar-refractivity contribution in [3.63, 3.8) is 0 Å². The van der Waals surface area contributed by atoms with Gasteiger partial charge in [-0.2, -0.15) is 11.8 Å². The Bertz CT molecular complexity index is 165. The first kappa shape index (κ1) is 14.6. The Morgan fingerprint density at radius 2 is 2.13 bits per heavy atom. The van der Waals surface area contributed by atoms with Crippen molar-refractivity contribution in [2.45, 2.75) is 46.1 Å². The monoisotopic (exact) mass is 232 g/mol. The maximum atomic E-state index is 11.3. The summed E-state index contributed by atoms with van der Waals surface area (Å²) in [5.74, 6) is 2.27. The number of amides is 2. The summed E-state index contributed by atoms with van der Waals surface area (Å²) in [7, 11) is 0. The third kappa shape index (κ3) is 9.91. The Kier molecular flexibility index (Phi) is 9.89. The maximum absolute atomic E-state index is 11.3. The average Bonchev–Trinajstić information content (AvgIpc) is 2.18. The number of carbonyl (C=O) groups excluding carboxylic acids is 1. The molecule has 0 aliphatic heterocycles. The van der Waals surface area contributed by atoms with Crippen LogP contribution in [0.15, 0.2) is 0 Å². The molecule has 2 amide bonds. The minimum atomic E-state index is -0.0301. The third-order valence-electron chi connectivity index (χ3n) is 2.09. The first-order valence-corrected chi connectivity index (χ1v) is 6.98. The zero-order valence-electron chi connectivity index (χ0n) is 10.1. The van der Waals surface area contributed by atoms with Gasteiger partial charge in [-0.3, -0.25) is 0 Å². The first-order chi connectivity index (χ1) is 7.20. The topological polar surface area (TPSA) is 41.1 Å². The molecule has 0 heterocycles. The van der Waals surface area contributed by atoms with Crippen molar-refractivity contribution in [3.05, 3.63) is 0 Å². The summed E-state index contributed by atoms with van der Waals surface area (Å²) in [6.45, 7) is 7.10. The molecule has 0 aliphatic rings. The fourth-order valence-corrected chi connectivity index (χ4v) is 1.94. The second kappa shape index (κ2) is 10.1. The lowest BCUT2D eigenvalue weighted by Gasteiger charge is -2.14. The van der Waals surface area contributed by atoms with Crippen LogP contribution in [0.3, 0.4) is 0 Å². The van der Waals surface area contributed by atoms with Crippen molar-refractivity contribution in [1.82, 2.24) is 10.6 Å². The summed E-state index contributed by atoms with van der Waals surface area (Å²) >= 11 is 1.91. The molecule has 0 bridgehead atoms. The zero-order valence-corrected chi connectivity index (χ0v) is 11.0. The van der Waals surface area contributed by atoms with Gasteiger partial charge in [-0.15, -0.1) is 0 Å². The summed E-state index contributed by atoms with van der Waals surface area (Å²) in [6.07, 6.45) is 3.20. The predicted molar refractivity (Wildman–Crippen MR) is 68.5 cm³/mol. The number of rotatable bonds is 8. The smallest absolute Gasteiger partial charge is 0.314 e. The van der Waals surface area contributed by atoms with Crippen molar-refractivity contribution in [2.75, 3.05) is 18.1 Å². The van der Waals surface area contributed by atoms with Crippen molar-refractivity contribution in [3.8, 4) is 0 Å². The summed E-state index contributed by atoms with van der Waals surface area (Å²) in [4.78, 5) is 11.3. The highest BCUT2D eigenvalue weighted by atomic mass is 32.2. The van der Waals surface area contributed by atoms with Gasteiger partial charge in [0.05, 0.1) is 0 Å². The van der Waals surface area contributed by atoms with Gasteiger partial charge in [0.15, 0.2) is 0 Å². The van der Waals surface area contributed by atoms with Gasteiger partial charge in [0.25, 0.3) is 0 Å². The van der Waals surface area contributed by atoms with Crippen molar-refractivity contribution < 1.29 is 4.79 Å². The van der Waals surface area contributed by atoms with Crippen LogP contribution in [0, 0.1) is 0 Å². The number of urea groups is 1. The fourth-order valence-electron chi connectivity index (χ4n) is 1.13. The fraction of sp³-hybridized carbons (Fsp3) is 0.909. The van der Waals surface area contributed by atoms with E-state index in [0.717, 1.165) is 37.3 Å². The Balaban J connectivity index is 3.40. The minimum absolute atomic E-state index is 0.0301. The SMILES string of the molecule is CCCCNC(=O)NC(C)CCSCC. The molecule has 0 aliphatic carbocycles. The normalized spacial score (nSPS) is 12.2. The van der Waals surface area contributed by atoms with Crippen molar-refractivity contribution in [1.29, 1.82) is 0 Å². The molecular weight excluding hydrogens is 208 g/mol. The van der Waals surface area contributed by atoms with E-state index < -0.39 is 0 Å². The number of carbonyl (C=O) groups is 1. The van der Waals surface area contributed by atoms with E-state index >= 15 is 0 Å². The molecule has 2 N–H and O–H groups in total. The van der Waals surface area contributed by atoms with Gasteiger partial charge >= 0.3 is 6.03 Å². The van der Waals surface area contributed by atoms with Gasteiger partial charge in [0, 0.05) is 12.6 Å². The predicted octanol–water partition coefficient (Wildman–Crippen LogP) is 2.62. The van der Waals surface area contributed by atoms with E-state index in [0.29, 0.717) is 0 Å². The summed E-state index contributed by atoms with van der Waals surface area (Å²) in [5, 5.41) is 5.78. The Morgan fingerprint density at radius 3 is 2.73 bits per heavy atom. The molecule has 0 rings (SSSR count). The molecule has 3 nitrogen and oxygen atoms in total. The van der Waals surface area contributed by atoms with E-state index in [-0.39, 0.29) is 12.1 Å². The number of nitrogens with one attached hydrogen (secondary N) is 2. The van der Waals surface area contributed by atoms with E-state index in [1.54, 1.807) is 0 Å². The molecule has 15 heavy (non-hydrogen) atoms. The van der Waals surface area contributed by atoms with E-state index in [9.17, 15) is 4.79 Å². The molecule has 1 atom stereocenters. The van der Waals surface area contributed by atoms with Gasteiger partial charge < -0.3 is 10.6 Å². The number of unbranched alkanes of at least 4 members (excludes halogenated alkanes) is 1. The molecule has 0 aromatic carbocycles. The van der Waals surface area contributed by atoms with Gasteiger partial charge in [0.2, 0.25) is 0 Å². The van der Waals surface area contributed by atoms with Crippen LogP contribution in [0.2, 0.25) is 0 Å². The van der Waals surface area contributed by atoms with Crippen LogP contribution >= 0.6 is 11.8 Å². The summed E-state index contributed by atoms with van der Waals surface area (Å²) < 4.78 is 0. The Morgan fingerprint density at radius 1 is 1.40 bits per heavy atom. The second-order valence-electron chi connectivity index (χ2n) is 3.64. The van der Waals surface area contributed by atoms with Crippen LogP contribution in [-0.2, 0) is 0 Å². The average molecular weight is 232 g/mol. The lowest BCUT2D eigenvalue weighted by molar-refractivity contribution is 0.237. The standard InChI is InChI=1S/C11H24N2OS/c1-4-6-8-12-11(14)13-10(3)7-9-15-5-2/h10H,4-9H2,1-3H3,(H2,12,13,14).